The smallest absolute Gasteiger partial charge is 0.0546 e. The van der Waals surface area contributed by atoms with Crippen molar-refractivity contribution in [1.82, 2.24) is 4.98 Å². The third-order valence-electron chi connectivity index (χ3n) is 2.60. The van der Waals surface area contributed by atoms with Crippen LogP contribution in [0.3, 0.4) is 0 Å². The fourth-order valence-corrected chi connectivity index (χ4v) is 1.58. The van der Waals surface area contributed by atoms with Crippen LogP contribution in [0.2, 0.25) is 0 Å². The molecule has 1 unspecified atom stereocenters. The van der Waals surface area contributed by atoms with Gasteiger partial charge in [0.15, 0.2) is 0 Å². The number of rotatable bonds is 8. The van der Waals surface area contributed by atoms with Gasteiger partial charge >= 0.3 is 0 Å². The van der Waals surface area contributed by atoms with Gasteiger partial charge in [0.2, 0.25) is 0 Å². The standard InChI is InChI=1S/C17H23NO/c1-16(19)11-8-6-4-2-3-5-7-9-12-17-13-10-14-18-15-17/h2,4,6,8-10,12-16,19H,3,5,7,11H2,1H3. The second-order valence-corrected chi connectivity index (χ2v) is 4.56. The van der Waals surface area contributed by atoms with Gasteiger partial charge in [-0.05, 0) is 44.2 Å². The van der Waals surface area contributed by atoms with Crippen LogP contribution >= 0.6 is 0 Å². The Morgan fingerprint density at radius 2 is 2.00 bits per heavy atom. The fourth-order valence-electron chi connectivity index (χ4n) is 1.58. The van der Waals surface area contributed by atoms with E-state index in [0.717, 1.165) is 31.2 Å². The molecular formula is C17H23NO. The molecule has 0 aromatic carbocycles. The minimum absolute atomic E-state index is 0.248. The molecule has 0 aliphatic heterocycles. The van der Waals surface area contributed by atoms with Crippen LogP contribution in [0.25, 0.3) is 6.08 Å². The minimum Gasteiger partial charge on any atom is -0.393 e. The Morgan fingerprint density at radius 1 is 1.21 bits per heavy atom. The first kappa shape index (κ1) is 15.4. The van der Waals surface area contributed by atoms with Gasteiger partial charge in [-0.3, -0.25) is 4.98 Å². The zero-order chi connectivity index (χ0) is 13.8. The molecule has 0 aliphatic carbocycles. The van der Waals surface area contributed by atoms with Crippen LogP contribution < -0.4 is 0 Å². The van der Waals surface area contributed by atoms with Gasteiger partial charge in [0.05, 0.1) is 6.10 Å². The lowest BCUT2D eigenvalue weighted by atomic mass is 10.2. The number of allylic oxidation sites excluding steroid dienone is 4. The van der Waals surface area contributed by atoms with Gasteiger partial charge in [-0.1, -0.05) is 42.5 Å². The van der Waals surface area contributed by atoms with E-state index in [1.165, 1.54) is 0 Å². The molecule has 0 bridgehead atoms. The minimum atomic E-state index is -0.248. The van der Waals surface area contributed by atoms with Gasteiger partial charge in [-0.2, -0.15) is 0 Å². The van der Waals surface area contributed by atoms with Crippen molar-refractivity contribution in [2.24, 2.45) is 0 Å². The Kier molecular flexibility index (Phi) is 8.32. The van der Waals surface area contributed by atoms with Crippen molar-refractivity contribution in [2.75, 3.05) is 0 Å². The molecule has 0 saturated heterocycles. The molecule has 1 aromatic rings. The van der Waals surface area contributed by atoms with Crippen molar-refractivity contribution < 1.29 is 5.11 Å². The normalized spacial score (nSPS) is 13.8. The second kappa shape index (κ2) is 10.3. The number of unbranched alkanes of at least 4 members (excludes halogenated alkanes) is 2. The number of hydrogen-bond acceptors (Lipinski definition) is 2. The summed E-state index contributed by atoms with van der Waals surface area (Å²) in [5, 5.41) is 9.06. The Bertz CT molecular complexity index is 405. The molecule has 0 saturated carbocycles. The van der Waals surface area contributed by atoms with E-state index in [1.54, 1.807) is 13.1 Å². The van der Waals surface area contributed by atoms with E-state index in [0.29, 0.717) is 0 Å². The van der Waals surface area contributed by atoms with Crippen molar-refractivity contribution in [3.05, 3.63) is 60.5 Å². The highest BCUT2D eigenvalue weighted by molar-refractivity contribution is 5.47. The van der Waals surface area contributed by atoms with Crippen molar-refractivity contribution in [3.63, 3.8) is 0 Å². The van der Waals surface area contributed by atoms with E-state index in [4.69, 9.17) is 5.11 Å². The third kappa shape index (κ3) is 8.97. The van der Waals surface area contributed by atoms with Gasteiger partial charge in [0.25, 0.3) is 0 Å². The van der Waals surface area contributed by atoms with Gasteiger partial charge in [0, 0.05) is 12.4 Å². The van der Waals surface area contributed by atoms with Crippen molar-refractivity contribution in [1.29, 1.82) is 0 Å². The maximum absolute atomic E-state index is 9.06. The summed E-state index contributed by atoms with van der Waals surface area (Å²) >= 11 is 0. The van der Waals surface area contributed by atoms with E-state index in [9.17, 15) is 0 Å². The first-order chi connectivity index (χ1) is 9.29. The van der Waals surface area contributed by atoms with Crippen LogP contribution in [-0.2, 0) is 0 Å². The molecule has 1 rings (SSSR count). The monoisotopic (exact) mass is 257 g/mol. The number of aliphatic hydroxyl groups excluding tert-OH is 1. The summed E-state index contributed by atoms with van der Waals surface area (Å²) in [4.78, 5) is 4.07. The lowest BCUT2D eigenvalue weighted by molar-refractivity contribution is 0.198. The highest BCUT2D eigenvalue weighted by Gasteiger charge is 1.87. The second-order valence-electron chi connectivity index (χ2n) is 4.56. The molecule has 2 heteroatoms. The molecule has 1 heterocycles. The highest BCUT2D eigenvalue weighted by atomic mass is 16.3. The number of aromatic nitrogens is 1. The van der Waals surface area contributed by atoms with Gasteiger partial charge < -0.3 is 5.11 Å². The van der Waals surface area contributed by atoms with Crippen LogP contribution in [-0.4, -0.2) is 16.2 Å². The lowest BCUT2D eigenvalue weighted by Gasteiger charge is -1.94. The molecular weight excluding hydrogens is 234 g/mol. The van der Waals surface area contributed by atoms with E-state index in [2.05, 4.69) is 29.3 Å². The Hall–Kier alpha value is -1.67. The van der Waals surface area contributed by atoms with Crippen molar-refractivity contribution in [3.8, 4) is 0 Å². The predicted molar refractivity (Wildman–Crippen MR) is 81.7 cm³/mol. The average molecular weight is 257 g/mol. The maximum atomic E-state index is 9.06. The van der Waals surface area contributed by atoms with Crippen LogP contribution in [0, 0.1) is 0 Å². The molecule has 0 fully saturated rings. The summed E-state index contributed by atoms with van der Waals surface area (Å²) in [6, 6.07) is 4.00. The number of pyridine rings is 1. The van der Waals surface area contributed by atoms with E-state index in [1.807, 2.05) is 30.5 Å². The van der Waals surface area contributed by atoms with Crippen LogP contribution in [0.15, 0.2) is 54.9 Å². The number of aliphatic hydroxyl groups is 1. The molecule has 1 atom stereocenters. The fraction of sp³-hybridized carbons (Fsp3) is 0.353. The Morgan fingerprint density at radius 3 is 2.74 bits per heavy atom. The van der Waals surface area contributed by atoms with E-state index < -0.39 is 0 Å². The van der Waals surface area contributed by atoms with Crippen LogP contribution in [0.4, 0.5) is 0 Å². The molecule has 1 aromatic heterocycles. The number of hydrogen-bond donors (Lipinski definition) is 1. The molecule has 1 N–H and O–H groups in total. The molecule has 0 amide bonds. The first-order valence-corrected chi connectivity index (χ1v) is 6.85. The molecule has 2 nitrogen and oxygen atoms in total. The molecule has 0 radical (unpaired) electrons. The van der Waals surface area contributed by atoms with Crippen molar-refractivity contribution in [2.45, 2.75) is 38.7 Å². The summed E-state index contributed by atoms with van der Waals surface area (Å²) in [5.74, 6) is 0. The summed E-state index contributed by atoms with van der Waals surface area (Å²) in [7, 11) is 0. The molecule has 0 aliphatic rings. The third-order valence-corrected chi connectivity index (χ3v) is 2.60. The Balaban J connectivity index is 2.07. The number of nitrogens with zero attached hydrogens (tertiary/aromatic N) is 1. The maximum Gasteiger partial charge on any atom is 0.0546 e. The van der Waals surface area contributed by atoms with E-state index in [-0.39, 0.29) is 6.10 Å². The predicted octanol–water partition coefficient (Wildman–Crippen LogP) is 4.15. The summed E-state index contributed by atoms with van der Waals surface area (Å²) in [6.45, 7) is 1.79. The Labute approximate surface area is 116 Å². The zero-order valence-corrected chi connectivity index (χ0v) is 11.6. The zero-order valence-electron chi connectivity index (χ0n) is 11.6. The quantitative estimate of drug-likeness (QED) is 0.560. The van der Waals surface area contributed by atoms with Gasteiger partial charge in [-0.15, -0.1) is 0 Å². The van der Waals surface area contributed by atoms with Crippen LogP contribution in [0.5, 0.6) is 0 Å². The highest BCUT2D eigenvalue weighted by Crippen LogP contribution is 2.03. The van der Waals surface area contributed by atoms with Gasteiger partial charge in [-0.25, -0.2) is 0 Å². The molecule has 0 spiro atoms. The first-order valence-electron chi connectivity index (χ1n) is 6.85. The SMILES string of the molecule is CC(O)CC=CC=CCCCC=Cc1cccnc1. The van der Waals surface area contributed by atoms with Crippen LogP contribution in [0.1, 0.15) is 38.2 Å². The summed E-state index contributed by atoms with van der Waals surface area (Å²) in [6.07, 6.45) is 19.9. The summed E-state index contributed by atoms with van der Waals surface area (Å²) in [5.41, 5.74) is 1.15. The largest absolute Gasteiger partial charge is 0.393 e. The topological polar surface area (TPSA) is 33.1 Å². The molecule has 102 valence electrons. The van der Waals surface area contributed by atoms with Crippen molar-refractivity contribution >= 4 is 6.08 Å². The lowest BCUT2D eigenvalue weighted by Crippen LogP contribution is -1.94. The molecule has 19 heavy (non-hydrogen) atoms. The average Bonchev–Trinajstić information content (AvgIpc) is 2.42. The van der Waals surface area contributed by atoms with E-state index >= 15 is 0 Å². The summed E-state index contributed by atoms with van der Waals surface area (Å²) < 4.78 is 0. The van der Waals surface area contributed by atoms with Gasteiger partial charge in [0.1, 0.15) is 0 Å².